The molecule has 0 aliphatic rings. The average Bonchev–Trinajstić information content (AvgIpc) is 2.80. The van der Waals surface area contributed by atoms with Gasteiger partial charge in [0.25, 0.3) is 0 Å². The molecule has 2 rings (SSSR count). The maximum atomic E-state index is 6.08. The first-order chi connectivity index (χ1) is 8.18. The molecule has 2 aromatic heterocycles. The van der Waals surface area contributed by atoms with Crippen molar-refractivity contribution < 1.29 is 0 Å². The summed E-state index contributed by atoms with van der Waals surface area (Å²) in [6, 6.07) is 0. The predicted octanol–water partition coefficient (Wildman–Crippen LogP) is 3.31. The van der Waals surface area contributed by atoms with Crippen LogP contribution < -0.4 is 5.32 Å². The minimum atomic E-state index is 0.567. The van der Waals surface area contributed by atoms with Crippen molar-refractivity contribution in [1.82, 2.24) is 14.7 Å². The number of nitrogens with one attached hydrogen (secondary N) is 1. The van der Waals surface area contributed by atoms with Gasteiger partial charge in [0, 0.05) is 18.1 Å². The lowest BCUT2D eigenvalue weighted by Crippen LogP contribution is -2.19. The highest BCUT2D eigenvalue weighted by Gasteiger charge is 2.07. The van der Waals surface area contributed by atoms with Gasteiger partial charge >= 0.3 is 0 Å². The van der Waals surface area contributed by atoms with Crippen LogP contribution in [-0.4, -0.2) is 22.5 Å². The zero-order chi connectivity index (χ0) is 12.3. The highest BCUT2D eigenvalue weighted by molar-refractivity contribution is 7.15. The Morgan fingerprint density at radius 3 is 3.18 bits per heavy atom. The van der Waals surface area contributed by atoms with Crippen LogP contribution in [-0.2, 0) is 0 Å². The third-order valence-corrected chi connectivity index (χ3v) is 3.38. The lowest BCUT2D eigenvalue weighted by molar-refractivity contribution is 0.577. The SMILES string of the molecule is CC(C)CNCC=Cc1c(Cl)nc2sccn12. The van der Waals surface area contributed by atoms with Crippen molar-refractivity contribution in [3.63, 3.8) is 0 Å². The minimum Gasteiger partial charge on any atom is -0.313 e. The highest BCUT2D eigenvalue weighted by atomic mass is 35.5. The standard InChI is InChI=1S/C12H16ClN3S/c1-9(2)8-14-5-3-4-10-11(13)15-12-16(10)6-7-17-12/h3-4,6-7,9,14H,5,8H2,1-2H3. The molecule has 2 heterocycles. The number of fused-ring (bicyclic) bond motifs is 1. The smallest absolute Gasteiger partial charge is 0.195 e. The maximum absolute atomic E-state index is 6.08. The van der Waals surface area contributed by atoms with Gasteiger partial charge in [0.1, 0.15) is 0 Å². The van der Waals surface area contributed by atoms with Crippen LogP contribution in [0.2, 0.25) is 5.15 Å². The number of hydrogen-bond acceptors (Lipinski definition) is 3. The minimum absolute atomic E-state index is 0.567. The van der Waals surface area contributed by atoms with E-state index in [1.54, 1.807) is 11.3 Å². The molecule has 0 unspecified atom stereocenters. The Bertz CT molecular complexity index is 513. The molecule has 0 aliphatic heterocycles. The van der Waals surface area contributed by atoms with Crippen LogP contribution >= 0.6 is 22.9 Å². The summed E-state index contributed by atoms with van der Waals surface area (Å²) in [5, 5.41) is 5.93. The van der Waals surface area contributed by atoms with Crippen molar-refractivity contribution in [3.8, 4) is 0 Å². The molecule has 1 N–H and O–H groups in total. The molecule has 0 saturated heterocycles. The van der Waals surface area contributed by atoms with E-state index in [0.717, 1.165) is 23.7 Å². The molecule has 0 aromatic carbocycles. The van der Waals surface area contributed by atoms with Crippen LogP contribution in [0, 0.1) is 5.92 Å². The molecule has 0 spiro atoms. The number of thiazole rings is 1. The van der Waals surface area contributed by atoms with Crippen molar-refractivity contribution in [1.29, 1.82) is 0 Å². The topological polar surface area (TPSA) is 29.3 Å². The summed E-state index contributed by atoms with van der Waals surface area (Å²) in [4.78, 5) is 5.21. The third-order valence-electron chi connectivity index (χ3n) is 2.34. The Balaban J connectivity index is 2.00. The Hall–Kier alpha value is -0.840. The zero-order valence-electron chi connectivity index (χ0n) is 9.98. The Morgan fingerprint density at radius 2 is 2.41 bits per heavy atom. The van der Waals surface area contributed by atoms with Crippen molar-refractivity contribution >= 4 is 34.0 Å². The molecule has 2 aromatic rings. The first kappa shape index (κ1) is 12.6. The number of hydrogen-bond donors (Lipinski definition) is 1. The van der Waals surface area contributed by atoms with Crippen LogP contribution in [0.25, 0.3) is 11.0 Å². The second-order valence-electron chi connectivity index (χ2n) is 4.30. The third kappa shape index (κ3) is 3.09. The summed E-state index contributed by atoms with van der Waals surface area (Å²) in [5.74, 6) is 0.672. The van der Waals surface area contributed by atoms with E-state index in [0.29, 0.717) is 11.1 Å². The molecule has 92 valence electrons. The Morgan fingerprint density at radius 1 is 1.59 bits per heavy atom. The molecule has 0 fully saturated rings. The van der Waals surface area contributed by atoms with Gasteiger partial charge in [-0.3, -0.25) is 4.40 Å². The fourth-order valence-corrected chi connectivity index (χ4v) is 2.56. The molecule has 0 bridgehead atoms. The van der Waals surface area contributed by atoms with Gasteiger partial charge in [-0.15, -0.1) is 11.3 Å². The molecular formula is C12H16ClN3S. The van der Waals surface area contributed by atoms with Crippen molar-refractivity contribution in [2.75, 3.05) is 13.1 Å². The van der Waals surface area contributed by atoms with Crippen LogP contribution in [0.1, 0.15) is 19.5 Å². The fraction of sp³-hybridized carbons (Fsp3) is 0.417. The fourth-order valence-electron chi connectivity index (χ4n) is 1.55. The molecule has 0 amide bonds. The molecule has 5 heteroatoms. The molecular weight excluding hydrogens is 254 g/mol. The predicted molar refractivity (Wildman–Crippen MR) is 74.8 cm³/mol. The van der Waals surface area contributed by atoms with E-state index < -0.39 is 0 Å². The van der Waals surface area contributed by atoms with Crippen molar-refractivity contribution in [3.05, 3.63) is 28.5 Å². The van der Waals surface area contributed by atoms with Gasteiger partial charge in [0.2, 0.25) is 0 Å². The van der Waals surface area contributed by atoms with E-state index >= 15 is 0 Å². The van der Waals surface area contributed by atoms with E-state index in [4.69, 9.17) is 11.6 Å². The summed E-state index contributed by atoms with van der Waals surface area (Å²) in [6.45, 7) is 6.27. The van der Waals surface area contributed by atoms with Crippen molar-refractivity contribution in [2.45, 2.75) is 13.8 Å². The summed E-state index contributed by atoms with van der Waals surface area (Å²) in [6.07, 6.45) is 6.08. The first-order valence-corrected chi connectivity index (χ1v) is 6.92. The van der Waals surface area contributed by atoms with Gasteiger partial charge in [-0.25, -0.2) is 4.98 Å². The van der Waals surface area contributed by atoms with Crippen LogP contribution in [0.3, 0.4) is 0 Å². The van der Waals surface area contributed by atoms with E-state index in [-0.39, 0.29) is 0 Å². The van der Waals surface area contributed by atoms with Gasteiger partial charge in [0.15, 0.2) is 10.1 Å². The molecule has 0 aliphatic carbocycles. The summed E-state index contributed by atoms with van der Waals surface area (Å²) >= 11 is 7.66. The normalized spacial score (nSPS) is 12.2. The molecule has 0 radical (unpaired) electrons. The Labute approximate surface area is 110 Å². The number of nitrogens with zero attached hydrogens (tertiary/aromatic N) is 2. The summed E-state index contributed by atoms with van der Waals surface area (Å²) in [7, 11) is 0. The van der Waals surface area contributed by atoms with Crippen molar-refractivity contribution in [2.24, 2.45) is 5.92 Å². The van der Waals surface area contributed by atoms with Gasteiger partial charge in [-0.1, -0.05) is 31.5 Å². The van der Waals surface area contributed by atoms with Gasteiger partial charge in [-0.05, 0) is 18.5 Å². The van der Waals surface area contributed by atoms with E-state index in [1.807, 2.05) is 22.1 Å². The molecule has 0 saturated carbocycles. The molecule has 3 nitrogen and oxygen atoms in total. The summed E-state index contributed by atoms with van der Waals surface area (Å²) < 4.78 is 2.01. The maximum Gasteiger partial charge on any atom is 0.195 e. The van der Waals surface area contributed by atoms with Crippen LogP contribution in [0.15, 0.2) is 17.7 Å². The van der Waals surface area contributed by atoms with Gasteiger partial charge < -0.3 is 5.32 Å². The van der Waals surface area contributed by atoms with Crippen LogP contribution in [0.5, 0.6) is 0 Å². The number of rotatable bonds is 5. The van der Waals surface area contributed by atoms with E-state index in [9.17, 15) is 0 Å². The van der Waals surface area contributed by atoms with Crippen LogP contribution in [0.4, 0.5) is 0 Å². The van der Waals surface area contributed by atoms with E-state index in [2.05, 4.69) is 30.2 Å². The second-order valence-corrected chi connectivity index (χ2v) is 5.53. The lowest BCUT2D eigenvalue weighted by atomic mass is 10.2. The molecule has 17 heavy (non-hydrogen) atoms. The zero-order valence-corrected chi connectivity index (χ0v) is 11.6. The quantitative estimate of drug-likeness (QED) is 0.844. The largest absolute Gasteiger partial charge is 0.313 e. The lowest BCUT2D eigenvalue weighted by Gasteiger charge is -2.03. The number of aromatic nitrogens is 2. The molecule has 0 atom stereocenters. The van der Waals surface area contributed by atoms with Gasteiger partial charge in [-0.2, -0.15) is 0 Å². The average molecular weight is 270 g/mol. The number of imidazole rings is 1. The monoisotopic (exact) mass is 269 g/mol. The van der Waals surface area contributed by atoms with Gasteiger partial charge in [0.05, 0.1) is 5.69 Å². The second kappa shape index (κ2) is 5.67. The first-order valence-electron chi connectivity index (χ1n) is 5.67. The summed E-state index contributed by atoms with van der Waals surface area (Å²) in [5.41, 5.74) is 0.953. The highest BCUT2D eigenvalue weighted by Crippen LogP contribution is 2.22. The van der Waals surface area contributed by atoms with E-state index in [1.165, 1.54) is 0 Å². The number of halogens is 1. The Kier molecular flexibility index (Phi) is 4.20.